The maximum Gasteiger partial charge on any atom is 0.237 e. The molecule has 2 rings (SSSR count). The Balaban J connectivity index is 2.23. The van der Waals surface area contributed by atoms with Crippen molar-refractivity contribution in [2.45, 2.75) is 51.3 Å². The molecule has 0 saturated heterocycles. The van der Waals surface area contributed by atoms with E-state index < -0.39 is 0 Å². The third kappa shape index (κ3) is 4.83. The number of aromatic nitrogens is 1. The lowest BCUT2D eigenvalue weighted by Gasteiger charge is -2.16. The Morgan fingerprint density at radius 2 is 1.84 bits per heavy atom. The zero-order chi connectivity index (χ0) is 18.6. The first-order valence-corrected chi connectivity index (χ1v) is 9.16. The molecule has 0 bridgehead atoms. The zero-order valence-electron chi connectivity index (χ0n) is 15.3. The van der Waals surface area contributed by atoms with Gasteiger partial charge in [-0.05, 0) is 69.0 Å². The minimum absolute atomic E-state index is 0.0673. The van der Waals surface area contributed by atoms with Gasteiger partial charge >= 0.3 is 0 Å². The second-order valence-electron chi connectivity index (χ2n) is 6.25. The molecule has 0 aliphatic carbocycles. The number of nitriles is 1. The monoisotopic (exact) mass is 353 g/mol. The summed E-state index contributed by atoms with van der Waals surface area (Å²) in [4.78, 5) is 17.2. The van der Waals surface area contributed by atoms with Gasteiger partial charge in [0.05, 0.1) is 10.8 Å². The van der Waals surface area contributed by atoms with Crippen LogP contribution in [0, 0.1) is 39.0 Å². The van der Waals surface area contributed by atoms with Crippen LogP contribution in [-0.2, 0) is 4.79 Å². The standard InChI is InChI=1S/C20H23N3OS/c1-6-18(19(24)23-16-8-12(2)7-13(3)9-16)25-20-17(11-21)14(4)10-15(5)22-20/h7-10,18H,6H2,1-5H3,(H,23,24). The highest BCUT2D eigenvalue weighted by Crippen LogP contribution is 2.29. The Bertz CT molecular complexity index is 819. The Labute approximate surface area is 153 Å². The normalized spacial score (nSPS) is 11.7. The lowest BCUT2D eigenvalue weighted by Crippen LogP contribution is -2.25. The summed E-state index contributed by atoms with van der Waals surface area (Å²) in [6.07, 6.45) is 0.654. The highest BCUT2D eigenvalue weighted by Gasteiger charge is 2.21. The van der Waals surface area contributed by atoms with Crippen molar-refractivity contribution in [2.75, 3.05) is 5.32 Å². The van der Waals surface area contributed by atoms with Crippen molar-refractivity contribution in [1.29, 1.82) is 5.26 Å². The average molecular weight is 353 g/mol. The van der Waals surface area contributed by atoms with Gasteiger partial charge in [-0.2, -0.15) is 5.26 Å². The minimum Gasteiger partial charge on any atom is -0.325 e. The summed E-state index contributed by atoms with van der Waals surface area (Å²) in [6, 6.07) is 10.1. The highest BCUT2D eigenvalue weighted by atomic mass is 32.2. The van der Waals surface area contributed by atoms with Gasteiger partial charge in [-0.15, -0.1) is 0 Å². The van der Waals surface area contributed by atoms with E-state index in [1.54, 1.807) is 0 Å². The molecule has 2 aromatic rings. The molecule has 1 atom stereocenters. The van der Waals surface area contributed by atoms with Gasteiger partial charge in [0.2, 0.25) is 5.91 Å². The molecule has 25 heavy (non-hydrogen) atoms. The van der Waals surface area contributed by atoms with Crippen molar-refractivity contribution in [3.63, 3.8) is 0 Å². The molecule has 0 spiro atoms. The van der Waals surface area contributed by atoms with Gasteiger partial charge in [0.15, 0.2) is 0 Å². The van der Waals surface area contributed by atoms with E-state index in [9.17, 15) is 10.1 Å². The SMILES string of the molecule is CCC(Sc1nc(C)cc(C)c1C#N)C(=O)Nc1cc(C)cc(C)c1. The molecule has 1 unspecified atom stereocenters. The van der Waals surface area contributed by atoms with Crippen molar-refractivity contribution in [3.8, 4) is 6.07 Å². The molecule has 0 aliphatic heterocycles. The molecule has 130 valence electrons. The minimum atomic E-state index is -0.304. The molecular formula is C20H23N3OS. The molecule has 0 fully saturated rings. The van der Waals surface area contributed by atoms with Crippen LogP contribution < -0.4 is 5.32 Å². The van der Waals surface area contributed by atoms with E-state index in [2.05, 4.69) is 22.4 Å². The van der Waals surface area contributed by atoms with Crippen LogP contribution in [0.25, 0.3) is 0 Å². The quantitative estimate of drug-likeness (QED) is 0.792. The van der Waals surface area contributed by atoms with Crippen LogP contribution in [0.3, 0.4) is 0 Å². The number of carbonyl (C=O) groups excluding carboxylic acids is 1. The maximum atomic E-state index is 12.7. The molecule has 0 saturated carbocycles. The van der Waals surface area contributed by atoms with Crippen LogP contribution in [0.2, 0.25) is 0 Å². The number of carbonyl (C=O) groups is 1. The second-order valence-corrected chi connectivity index (χ2v) is 7.44. The van der Waals surface area contributed by atoms with Crippen molar-refractivity contribution in [1.82, 2.24) is 4.98 Å². The van der Waals surface area contributed by atoms with Gasteiger partial charge < -0.3 is 5.32 Å². The van der Waals surface area contributed by atoms with Crippen LogP contribution in [-0.4, -0.2) is 16.1 Å². The van der Waals surface area contributed by atoms with E-state index in [1.807, 2.05) is 52.8 Å². The Morgan fingerprint density at radius 1 is 1.20 bits per heavy atom. The van der Waals surface area contributed by atoms with Crippen molar-refractivity contribution < 1.29 is 4.79 Å². The number of hydrogen-bond donors (Lipinski definition) is 1. The fourth-order valence-corrected chi connectivity index (χ4v) is 3.87. The molecule has 5 heteroatoms. The predicted octanol–water partition coefficient (Wildman–Crippen LogP) is 4.70. The van der Waals surface area contributed by atoms with Gasteiger partial charge in [0.1, 0.15) is 11.1 Å². The number of pyridine rings is 1. The van der Waals surface area contributed by atoms with Crippen LogP contribution in [0.5, 0.6) is 0 Å². The van der Waals surface area contributed by atoms with Crippen molar-refractivity contribution in [3.05, 3.63) is 52.2 Å². The molecule has 1 amide bonds. The van der Waals surface area contributed by atoms with E-state index in [1.165, 1.54) is 11.8 Å². The number of rotatable bonds is 5. The lowest BCUT2D eigenvalue weighted by molar-refractivity contribution is -0.115. The van der Waals surface area contributed by atoms with Gasteiger partial charge in [0.25, 0.3) is 0 Å². The first-order valence-electron chi connectivity index (χ1n) is 8.28. The van der Waals surface area contributed by atoms with Crippen LogP contribution in [0.1, 0.15) is 41.3 Å². The fourth-order valence-electron chi connectivity index (χ4n) is 2.75. The first kappa shape index (κ1) is 19.0. The van der Waals surface area contributed by atoms with Crippen LogP contribution >= 0.6 is 11.8 Å². The Morgan fingerprint density at radius 3 is 2.40 bits per heavy atom. The molecular weight excluding hydrogens is 330 g/mol. The molecule has 0 aliphatic rings. The Kier molecular flexibility index (Phi) is 6.22. The molecule has 1 N–H and O–H groups in total. The summed E-state index contributed by atoms with van der Waals surface area (Å²) >= 11 is 1.36. The van der Waals surface area contributed by atoms with Crippen LogP contribution in [0.15, 0.2) is 29.3 Å². The number of amides is 1. The summed E-state index contributed by atoms with van der Waals surface area (Å²) in [5.41, 5.74) is 5.31. The molecule has 1 aromatic carbocycles. The first-order chi connectivity index (χ1) is 11.8. The molecule has 0 radical (unpaired) electrons. The fraction of sp³-hybridized carbons (Fsp3) is 0.350. The van der Waals surface area contributed by atoms with E-state index in [0.29, 0.717) is 17.0 Å². The average Bonchev–Trinajstić information content (AvgIpc) is 2.50. The number of benzene rings is 1. The van der Waals surface area contributed by atoms with Crippen molar-refractivity contribution in [2.24, 2.45) is 0 Å². The third-order valence-electron chi connectivity index (χ3n) is 3.83. The number of aryl methyl sites for hydroxylation is 4. The lowest BCUT2D eigenvalue weighted by atomic mass is 10.1. The maximum absolute atomic E-state index is 12.7. The topological polar surface area (TPSA) is 65.8 Å². The number of nitrogens with zero attached hydrogens (tertiary/aromatic N) is 2. The smallest absolute Gasteiger partial charge is 0.237 e. The van der Waals surface area contributed by atoms with Gasteiger partial charge in [-0.1, -0.05) is 24.8 Å². The van der Waals surface area contributed by atoms with E-state index in [0.717, 1.165) is 28.1 Å². The van der Waals surface area contributed by atoms with Crippen molar-refractivity contribution >= 4 is 23.4 Å². The highest BCUT2D eigenvalue weighted by molar-refractivity contribution is 8.00. The summed E-state index contributed by atoms with van der Waals surface area (Å²) in [5, 5.41) is 12.7. The van der Waals surface area contributed by atoms with E-state index in [-0.39, 0.29) is 11.2 Å². The van der Waals surface area contributed by atoms with E-state index in [4.69, 9.17) is 0 Å². The Hall–Kier alpha value is -2.32. The van der Waals surface area contributed by atoms with Crippen LogP contribution in [0.4, 0.5) is 5.69 Å². The second kappa shape index (κ2) is 8.17. The third-order valence-corrected chi connectivity index (χ3v) is 5.18. The summed E-state index contributed by atoms with van der Waals surface area (Å²) in [6.45, 7) is 9.77. The summed E-state index contributed by atoms with van der Waals surface area (Å²) in [5.74, 6) is -0.0673. The van der Waals surface area contributed by atoms with Gasteiger partial charge in [0, 0.05) is 11.4 Å². The zero-order valence-corrected chi connectivity index (χ0v) is 16.1. The number of thioether (sulfide) groups is 1. The molecule has 1 heterocycles. The number of hydrogen-bond acceptors (Lipinski definition) is 4. The molecule has 4 nitrogen and oxygen atoms in total. The van der Waals surface area contributed by atoms with Gasteiger partial charge in [-0.3, -0.25) is 4.79 Å². The number of anilines is 1. The predicted molar refractivity (Wildman–Crippen MR) is 103 cm³/mol. The summed E-state index contributed by atoms with van der Waals surface area (Å²) in [7, 11) is 0. The molecule has 1 aromatic heterocycles. The number of nitrogens with one attached hydrogen (secondary N) is 1. The van der Waals surface area contributed by atoms with Gasteiger partial charge in [-0.25, -0.2) is 4.98 Å². The largest absolute Gasteiger partial charge is 0.325 e. The van der Waals surface area contributed by atoms with E-state index >= 15 is 0 Å². The summed E-state index contributed by atoms with van der Waals surface area (Å²) < 4.78 is 0.